The van der Waals surface area contributed by atoms with Crippen molar-refractivity contribution in [2.45, 2.75) is 19.4 Å². The number of likely N-dealkylation sites (N-methyl/N-ethyl adjacent to an activating group) is 1. The topological polar surface area (TPSA) is 12.0 Å². The van der Waals surface area contributed by atoms with Gasteiger partial charge in [-0.05, 0) is 80.8 Å². The largest absolute Gasteiger partial charge is 0.310 e. The summed E-state index contributed by atoms with van der Waals surface area (Å²) in [6.45, 7) is 2.96. The third-order valence-electron chi connectivity index (χ3n) is 3.18. The van der Waals surface area contributed by atoms with E-state index in [-0.39, 0.29) is 11.9 Å². The molecule has 0 saturated heterocycles. The zero-order valence-corrected chi connectivity index (χ0v) is 14.9. The van der Waals surface area contributed by atoms with Gasteiger partial charge >= 0.3 is 0 Å². The summed E-state index contributed by atoms with van der Waals surface area (Å²) in [5.41, 5.74) is 2.21. The molecule has 2 rings (SSSR count). The molecule has 1 nitrogen and oxygen atoms in total. The van der Waals surface area contributed by atoms with Crippen LogP contribution < -0.4 is 5.32 Å². The van der Waals surface area contributed by atoms with Gasteiger partial charge in [-0.1, -0.05) is 31.2 Å². The van der Waals surface area contributed by atoms with E-state index in [1.807, 2.05) is 6.07 Å². The van der Waals surface area contributed by atoms with Gasteiger partial charge in [0.25, 0.3) is 0 Å². The first-order chi connectivity index (χ1) is 9.61. The van der Waals surface area contributed by atoms with Gasteiger partial charge in [0.1, 0.15) is 5.82 Å². The molecule has 0 heterocycles. The van der Waals surface area contributed by atoms with E-state index in [0.29, 0.717) is 4.47 Å². The van der Waals surface area contributed by atoms with E-state index in [2.05, 4.69) is 75.0 Å². The Morgan fingerprint density at radius 3 is 2.55 bits per heavy atom. The van der Waals surface area contributed by atoms with Crippen molar-refractivity contribution in [3.63, 3.8) is 0 Å². The van der Waals surface area contributed by atoms with Gasteiger partial charge in [0.05, 0.1) is 4.47 Å². The van der Waals surface area contributed by atoms with Gasteiger partial charge in [-0.3, -0.25) is 0 Å². The molecule has 0 spiro atoms. The molecule has 0 aliphatic carbocycles. The van der Waals surface area contributed by atoms with Crippen molar-refractivity contribution in [1.29, 1.82) is 0 Å². The molecule has 0 fully saturated rings. The fraction of sp³-hybridized carbons (Fsp3) is 0.250. The van der Waals surface area contributed by atoms with Gasteiger partial charge in [0.15, 0.2) is 0 Å². The number of halogens is 3. The van der Waals surface area contributed by atoms with E-state index in [1.54, 1.807) is 6.07 Å². The highest BCUT2D eigenvalue weighted by Gasteiger charge is 2.14. The number of hydrogen-bond donors (Lipinski definition) is 1. The maximum atomic E-state index is 13.6. The summed E-state index contributed by atoms with van der Waals surface area (Å²) in [4.78, 5) is 0. The van der Waals surface area contributed by atoms with E-state index < -0.39 is 0 Å². The molecule has 20 heavy (non-hydrogen) atoms. The SMILES string of the molecule is CCNC(Cc1cccc(F)c1Br)c1ccc(I)cc1. The Balaban J connectivity index is 2.25. The minimum Gasteiger partial charge on any atom is -0.310 e. The molecule has 2 aromatic carbocycles. The van der Waals surface area contributed by atoms with Crippen LogP contribution in [0.25, 0.3) is 0 Å². The molecule has 1 unspecified atom stereocenters. The standard InChI is InChI=1S/C16H16BrFIN/c1-2-20-15(11-6-8-13(19)9-7-11)10-12-4-3-5-14(18)16(12)17/h3-9,15,20H,2,10H2,1H3. The van der Waals surface area contributed by atoms with Gasteiger partial charge in [0, 0.05) is 9.61 Å². The molecule has 1 N–H and O–H groups in total. The first-order valence-corrected chi connectivity index (χ1v) is 8.40. The van der Waals surface area contributed by atoms with Gasteiger partial charge in [-0.15, -0.1) is 0 Å². The molecule has 0 aliphatic heterocycles. The molecule has 1 atom stereocenters. The van der Waals surface area contributed by atoms with E-state index in [4.69, 9.17) is 0 Å². The average molecular weight is 448 g/mol. The third-order valence-corrected chi connectivity index (χ3v) is 4.79. The van der Waals surface area contributed by atoms with Gasteiger partial charge in [-0.2, -0.15) is 0 Å². The number of nitrogens with one attached hydrogen (secondary N) is 1. The van der Waals surface area contributed by atoms with Crippen LogP contribution in [-0.2, 0) is 6.42 Å². The van der Waals surface area contributed by atoms with E-state index in [1.165, 1.54) is 15.2 Å². The predicted octanol–water partition coefficient (Wildman–Crippen LogP) is 5.09. The van der Waals surface area contributed by atoms with Gasteiger partial charge < -0.3 is 5.32 Å². The Bertz CT molecular complexity index is 571. The van der Waals surface area contributed by atoms with Gasteiger partial charge in [0.2, 0.25) is 0 Å². The summed E-state index contributed by atoms with van der Waals surface area (Å²) in [6, 6.07) is 13.8. The molecule has 0 aromatic heterocycles. The second-order valence-corrected chi connectivity index (χ2v) is 6.62. The van der Waals surface area contributed by atoms with Crippen LogP contribution in [0.5, 0.6) is 0 Å². The fourth-order valence-electron chi connectivity index (χ4n) is 2.18. The van der Waals surface area contributed by atoms with Crippen LogP contribution in [0, 0.1) is 9.39 Å². The molecule has 0 aliphatic rings. The summed E-state index contributed by atoms with van der Waals surface area (Å²) in [5, 5.41) is 3.47. The lowest BCUT2D eigenvalue weighted by Gasteiger charge is -2.19. The predicted molar refractivity (Wildman–Crippen MR) is 93.4 cm³/mol. The monoisotopic (exact) mass is 447 g/mol. The summed E-state index contributed by atoms with van der Waals surface area (Å²) in [5.74, 6) is -0.208. The smallest absolute Gasteiger partial charge is 0.137 e. The van der Waals surface area contributed by atoms with Crippen molar-refractivity contribution in [2.24, 2.45) is 0 Å². The maximum Gasteiger partial charge on any atom is 0.137 e. The second kappa shape index (κ2) is 7.52. The lowest BCUT2D eigenvalue weighted by molar-refractivity contribution is 0.544. The molecular formula is C16H16BrFIN. The van der Waals surface area contributed by atoms with Crippen LogP contribution in [0.1, 0.15) is 24.1 Å². The van der Waals surface area contributed by atoms with E-state index in [0.717, 1.165) is 18.5 Å². The normalized spacial score (nSPS) is 12.4. The highest BCUT2D eigenvalue weighted by atomic mass is 127. The lowest BCUT2D eigenvalue weighted by Crippen LogP contribution is -2.23. The fourth-order valence-corrected chi connectivity index (χ4v) is 2.96. The zero-order chi connectivity index (χ0) is 14.5. The molecule has 2 aromatic rings. The van der Waals surface area contributed by atoms with E-state index >= 15 is 0 Å². The summed E-state index contributed by atoms with van der Waals surface area (Å²) in [6.07, 6.45) is 0.757. The minimum atomic E-state index is -0.208. The van der Waals surface area contributed by atoms with Crippen LogP contribution in [0.3, 0.4) is 0 Å². The summed E-state index contributed by atoms with van der Waals surface area (Å²) in [7, 11) is 0. The van der Waals surface area contributed by atoms with Crippen LogP contribution in [0.4, 0.5) is 4.39 Å². The minimum absolute atomic E-state index is 0.190. The first-order valence-electron chi connectivity index (χ1n) is 6.53. The highest BCUT2D eigenvalue weighted by Crippen LogP contribution is 2.26. The molecule has 0 saturated carbocycles. The summed E-state index contributed by atoms with van der Waals surface area (Å²) < 4.78 is 15.4. The van der Waals surface area contributed by atoms with Crippen LogP contribution in [0.15, 0.2) is 46.9 Å². The van der Waals surface area contributed by atoms with Crippen molar-refractivity contribution in [2.75, 3.05) is 6.54 Å². The lowest BCUT2D eigenvalue weighted by atomic mass is 9.99. The van der Waals surface area contributed by atoms with Gasteiger partial charge in [-0.25, -0.2) is 4.39 Å². The van der Waals surface area contributed by atoms with Crippen LogP contribution in [0.2, 0.25) is 0 Å². The second-order valence-electron chi connectivity index (χ2n) is 4.58. The molecular weight excluding hydrogens is 432 g/mol. The maximum absolute atomic E-state index is 13.6. The number of rotatable bonds is 5. The molecule has 106 valence electrons. The Hall–Kier alpha value is -0.460. The Morgan fingerprint density at radius 2 is 1.90 bits per heavy atom. The molecule has 4 heteroatoms. The van der Waals surface area contributed by atoms with Crippen molar-refractivity contribution < 1.29 is 4.39 Å². The Labute approximate surface area is 141 Å². The highest BCUT2D eigenvalue weighted by molar-refractivity contribution is 14.1. The van der Waals surface area contributed by atoms with Crippen LogP contribution in [-0.4, -0.2) is 6.54 Å². The van der Waals surface area contributed by atoms with Crippen LogP contribution >= 0.6 is 38.5 Å². The van der Waals surface area contributed by atoms with Crippen molar-refractivity contribution in [3.8, 4) is 0 Å². The van der Waals surface area contributed by atoms with Crippen molar-refractivity contribution in [1.82, 2.24) is 5.32 Å². The zero-order valence-electron chi connectivity index (χ0n) is 11.2. The average Bonchev–Trinajstić information content (AvgIpc) is 2.44. The molecule has 0 amide bonds. The third kappa shape index (κ3) is 4.02. The molecule has 0 radical (unpaired) electrons. The molecule has 0 bridgehead atoms. The van der Waals surface area contributed by atoms with Crippen molar-refractivity contribution in [3.05, 3.63) is 67.5 Å². The number of hydrogen-bond acceptors (Lipinski definition) is 1. The quantitative estimate of drug-likeness (QED) is 0.629. The summed E-state index contributed by atoms with van der Waals surface area (Å²) >= 11 is 5.64. The first kappa shape index (κ1) is 15.9. The Kier molecular flexibility index (Phi) is 5.99. The van der Waals surface area contributed by atoms with E-state index in [9.17, 15) is 4.39 Å². The number of benzene rings is 2. The Morgan fingerprint density at radius 1 is 1.20 bits per heavy atom. The van der Waals surface area contributed by atoms with Crippen molar-refractivity contribution >= 4 is 38.5 Å².